The molecule has 8 aliphatic rings. The Balaban J connectivity index is 1.37. The first-order valence-electron chi connectivity index (χ1n) is 13.9. The van der Waals surface area contributed by atoms with Crippen molar-refractivity contribution in [2.75, 3.05) is 0 Å². The quantitative estimate of drug-likeness (QED) is 0.317. The zero-order chi connectivity index (χ0) is 26.2. The van der Waals surface area contributed by atoms with Crippen molar-refractivity contribution in [2.45, 2.75) is 5.79 Å². The molecule has 0 saturated heterocycles. The van der Waals surface area contributed by atoms with Crippen molar-refractivity contribution in [1.29, 1.82) is 0 Å². The number of hydrogen-bond acceptors (Lipinski definition) is 4. The fourth-order valence-electron chi connectivity index (χ4n) is 8.07. The summed E-state index contributed by atoms with van der Waals surface area (Å²) in [6, 6.07) is 34.2. The third kappa shape index (κ3) is 1.77. The van der Waals surface area contributed by atoms with Crippen molar-refractivity contribution in [2.24, 2.45) is 20.0 Å². The molecule has 4 aromatic carbocycles. The predicted molar refractivity (Wildman–Crippen MR) is 155 cm³/mol. The minimum Gasteiger partial charge on any atom is -0.151 e. The van der Waals surface area contributed by atoms with Crippen LogP contribution in [0.5, 0.6) is 0 Å². The minimum atomic E-state index is -0.840. The minimum absolute atomic E-state index is 0.840. The number of benzene rings is 4. The van der Waals surface area contributed by atoms with Gasteiger partial charge >= 0.3 is 5.79 Å². The van der Waals surface area contributed by atoms with E-state index in [1.807, 2.05) is 0 Å². The summed E-state index contributed by atoms with van der Waals surface area (Å²) < 4.78 is 7.10. The van der Waals surface area contributed by atoms with Crippen LogP contribution in [0.1, 0.15) is 44.5 Å². The highest BCUT2D eigenvalue weighted by Crippen LogP contribution is 2.53. The van der Waals surface area contributed by atoms with E-state index in [0.717, 1.165) is 96.5 Å². The molecule has 0 fully saturated rings. The number of fused-ring (bicyclic) bond motifs is 12. The number of hydrogen-bond donors (Lipinski definition) is 0. The molecule has 7 nitrogen and oxygen atoms in total. The van der Waals surface area contributed by atoms with Gasteiger partial charge in [0.15, 0.2) is 17.0 Å². The van der Waals surface area contributed by atoms with Gasteiger partial charge in [-0.05, 0) is 36.4 Å². The molecule has 1 atom stereocenters. The SMILES string of the molecule is c1ccc2c(c1)C1=NC3=[N+]4C(=NC5=[N+]6C(=NC7=[N+]8C(=NC2=C1C486)c1ccccc17)c1ccccc15)c1ccccc13. The Morgan fingerprint density at radius 3 is 1.29 bits per heavy atom. The van der Waals surface area contributed by atoms with E-state index in [1.54, 1.807) is 0 Å². The van der Waals surface area contributed by atoms with Crippen LogP contribution < -0.4 is 0 Å². The fourth-order valence-corrected chi connectivity index (χ4v) is 8.07. The summed E-state index contributed by atoms with van der Waals surface area (Å²) in [5.74, 6) is 4.67. The Morgan fingerprint density at radius 2 is 0.780 bits per heavy atom. The lowest BCUT2D eigenvalue weighted by Gasteiger charge is -2.40. The largest absolute Gasteiger partial charge is 0.384 e. The Bertz CT molecular complexity index is 2070. The van der Waals surface area contributed by atoms with Gasteiger partial charge < -0.3 is 0 Å². The summed E-state index contributed by atoms with van der Waals surface area (Å²) in [6.45, 7) is 0. The van der Waals surface area contributed by atoms with Gasteiger partial charge in [0.1, 0.15) is 0 Å². The van der Waals surface area contributed by atoms with Gasteiger partial charge in [0, 0.05) is 11.1 Å². The summed E-state index contributed by atoms with van der Waals surface area (Å²) in [4.78, 5) is 21.8. The van der Waals surface area contributed by atoms with Crippen LogP contribution in [0.4, 0.5) is 0 Å². The number of amidine groups is 6. The van der Waals surface area contributed by atoms with E-state index in [0.29, 0.717) is 0 Å². The lowest BCUT2D eigenvalue weighted by atomic mass is 9.95. The molecule has 7 aliphatic heterocycles. The average Bonchev–Trinajstić information content (AvgIpc) is 3.74. The van der Waals surface area contributed by atoms with Gasteiger partial charge in [0.05, 0.1) is 33.4 Å². The van der Waals surface area contributed by atoms with E-state index in [4.69, 9.17) is 20.0 Å². The van der Waals surface area contributed by atoms with Crippen LogP contribution in [0.3, 0.4) is 0 Å². The van der Waals surface area contributed by atoms with Gasteiger partial charge in [-0.15, -0.1) is 9.98 Å². The molecule has 41 heavy (non-hydrogen) atoms. The highest BCUT2D eigenvalue weighted by atomic mass is 15.6. The van der Waals surface area contributed by atoms with Crippen LogP contribution in [0.15, 0.2) is 123 Å². The van der Waals surface area contributed by atoms with Gasteiger partial charge in [-0.1, -0.05) is 70.6 Å². The van der Waals surface area contributed by atoms with Crippen molar-refractivity contribution >= 4 is 46.4 Å². The van der Waals surface area contributed by atoms with Gasteiger partial charge in [-0.25, -0.2) is 0 Å². The lowest BCUT2D eigenvalue weighted by molar-refractivity contribution is -0.903. The molecule has 0 amide bonds. The number of nitrogens with zero attached hydrogens (tertiary/aromatic N) is 7. The molecule has 1 unspecified atom stereocenters. The zero-order valence-electron chi connectivity index (χ0n) is 21.4. The van der Waals surface area contributed by atoms with Crippen LogP contribution in [-0.2, 0) is 0 Å². The third-order valence-corrected chi connectivity index (χ3v) is 9.54. The first-order chi connectivity index (χ1) is 20.4. The lowest BCUT2D eigenvalue weighted by Crippen LogP contribution is -2.71. The molecule has 12 rings (SSSR count). The van der Waals surface area contributed by atoms with Crippen molar-refractivity contribution in [1.82, 2.24) is 0 Å². The maximum Gasteiger partial charge on any atom is 0.384 e. The fraction of sp³-hybridized carbons (Fsp3) is 0.0294. The second-order valence-electron chi connectivity index (χ2n) is 11.3. The standard InChI is InChI=1S/C34H16N7/c1-2-10-18-17(9-1)26-25-27(18)36-29-20-12-4-6-14-22(20)31-38-33-24-16-8-7-15-23(24)32-37-30-21-13-5-3-11-19(21)28(35-26)39(30)34(25,40(29)31)41(32)33/h1-16H/q+3. The molecule has 7 heteroatoms. The molecule has 7 heterocycles. The zero-order valence-corrected chi connectivity index (χ0v) is 21.4. The van der Waals surface area contributed by atoms with E-state index in [9.17, 15) is 0 Å². The van der Waals surface area contributed by atoms with E-state index < -0.39 is 5.79 Å². The van der Waals surface area contributed by atoms with Crippen molar-refractivity contribution in [3.05, 3.63) is 147 Å². The predicted octanol–water partition coefficient (Wildman–Crippen LogP) is 3.57. The van der Waals surface area contributed by atoms with E-state index >= 15 is 0 Å². The van der Waals surface area contributed by atoms with Gasteiger partial charge in [0.25, 0.3) is 35.0 Å². The summed E-state index contributed by atoms with van der Waals surface area (Å²) in [5, 5.41) is 0. The second-order valence-corrected chi connectivity index (χ2v) is 11.3. The molecule has 1 spiro atoms. The molecule has 0 saturated carbocycles. The number of rotatable bonds is 0. The first-order valence-corrected chi connectivity index (χ1v) is 13.9. The Hall–Kier alpha value is -5.69. The summed E-state index contributed by atoms with van der Waals surface area (Å²) in [7, 11) is 0. The maximum atomic E-state index is 5.45. The molecule has 0 N–H and O–H groups in total. The van der Waals surface area contributed by atoms with Crippen molar-refractivity contribution < 1.29 is 13.7 Å². The Morgan fingerprint density at radius 1 is 0.390 bits per heavy atom. The summed E-state index contributed by atoms with van der Waals surface area (Å²) in [5.41, 5.74) is 11.9. The molecule has 0 radical (unpaired) electrons. The van der Waals surface area contributed by atoms with Crippen LogP contribution in [0.25, 0.3) is 5.70 Å². The van der Waals surface area contributed by atoms with E-state index in [1.165, 1.54) is 0 Å². The summed E-state index contributed by atoms with van der Waals surface area (Å²) in [6.07, 6.45) is 0. The highest BCUT2D eigenvalue weighted by Gasteiger charge is 2.75. The van der Waals surface area contributed by atoms with Crippen LogP contribution >= 0.6 is 0 Å². The normalized spacial score (nSPS) is 23.4. The molecular weight excluding hydrogens is 506 g/mol. The van der Waals surface area contributed by atoms with Crippen LogP contribution in [0, 0.1) is 0 Å². The Kier molecular flexibility index (Phi) is 2.79. The van der Waals surface area contributed by atoms with Gasteiger partial charge in [0.2, 0.25) is 0 Å². The summed E-state index contributed by atoms with van der Waals surface area (Å²) >= 11 is 0. The molecular formula is C34H16N7+3. The van der Waals surface area contributed by atoms with Crippen LogP contribution in [0.2, 0.25) is 0 Å². The second kappa shape index (κ2) is 5.90. The van der Waals surface area contributed by atoms with Gasteiger partial charge in [-0.2, -0.15) is 13.7 Å². The van der Waals surface area contributed by atoms with Crippen molar-refractivity contribution in [3.63, 3.8) is 0 Å². The third-order valence-electron chi connectivity index (χ3n) is 9.54. The monoisotopic (exact) mass is 522 g/mol. The highest BCUT2D eigenvalue weighted by molar-refractivity contribution is 6.35. The molecule has 184 valence electrons. The van der Waals surface area contributed by atoms with Crippen LogP contribution in [-0.4, -0.2) is 60.2 Å². The van der Waals surface area contributed by atoms with E-state index in [-0.39, 0.29) is 0 Å². The van der Waals surface area contributed by atoms with Gasteiger partial charge in [-0.3, -0.25) is 0 Å². The first kappa shape index (κ1) is 19.4. The van der Waals surface area contributed by atoms with E-state index in [2.05, 4.69) is 111 Å². The number of aliphatic imine (C=N–C) groups is 4. The van der Waals surface area contributed by atoms with Crippen molar-refractivity contribution in [3.8, 4) is 0 Å². The smallest absolute Gasteiger partial charge is 0.151 e. The Labute approximate surface area is 232 Å². The molecule has 1 aliphatic carbocycles. The average molecular weight is 523 g/mol. The molecule has 4 aromatic rings. The maximum absolute atomic E-state index is 5.45. The molecule has 0 bridgehead atoms. The topological polar surface area (TPSA) is 58.5 Å². The molecule has 0 aromatic heterocycles.